The normalized spacial score (nSPS) is 14.1. The Hall–Kier alpha value is -1.30. The van der Waals surface area contributed by atoms with E-state index < -0.39 is 5.54 Å². The van der Waals surface area contributed by atoms with Gasteiger partial charge in [0.05, 0.1) is 5.69 Å². The molecule has 0 aliphatic carbocycles. The van der Waals surface area contributed by atoms with Crippen molar-refractivity contribution in [1.82, 2.24) is 5.32 Å². The molecule has 0 saturated carbocycles. The molecule has 1 unspecified atom stereocenters. The Labute approximate surface area is 132 Å². The topological polar surface area (TPSA) is 75.3 Å². The Balaban J connectivity index is 2.33. The van der Waals surface area contributed by atoms with Crippen LogP contribution in [0.1, 0.15) is 36.4 Å². The van der Waals surface area contributed by atoms with Crippen LogP contribution >= 0.6 is 22.9 Å². The van der Waals surface area contributed by atoms with Gasteiger partial charge in [-0.3, -0.25) is 4.79 Å². The first kappa shape index (κ1) is 16.1. The fourth-order valence-corrected chi connectivity index (χ4v) is 3.33. The lowest BCUT2D eigenvalue weighted by atomic mass is 9.95. The summed E-state index contributed by atoms with van der Waals surface area (Å²) in [5, 5.41) is 13.5. The van der Waals surface area contributed by atoms with Crippen molar-refractivity contribution in [3.63, 3.8) is 0 Å². The third-order valence-electron chi connectivity index (χ3n) is 3.75. The second-order valence-electron chi connectivity index (χ2n) is 5.33. The lowest BCUT2D eigenvalue weighted by molar-refractivity contribution is 0.0891. The largest absolute Gasteiger partial charge is 0.397 e. The molecule has 114 valence electrons. The van der Waals surface area contributed by atoms with E-state index in [1.54, 1.807) is 12.1 Å². The van der Waals surface area contributed by atoms with Gasteiger partial charge in [0, 0.05) is 27.3 Å². The van der Waals surface area contributed by atoms with Gasteiger partial charge in [-0.1, -0.05) is 18.5 Å². The molecule has 1 amide bonds. The van der Waals surface area contributed by atoms with Gasteiger partial charge in [0.1, 0.15) is 4.88 Å². The van der Waals surface area contributed by atoms with Crippen LogP contribution in [-0.4, -0.2) is 23.2 Å². The summed E-state index contributed by atoms with van der Waals surface area (Å²) in [6, 6.07) is 5.41. The summed E-state index contributed by atoms with van der Waals surface area (Å²) in [5.74, 6) is -0.206. The minimum Gasteiger partial charge on any atom is -0.397 e. The number of carbonyl (C=O) groups is 1. The number of amides is 1. The molecule has 1 heterocycles. The van der Waals surface area contributed by atoms with Gasteiger partial charge in [-0.15, -0.1) is 11.3 Å². The SMILES string of the molecule is CCC(C)(CCO)NC(=O)c1sc2ccc(Cl)cc2c1N. The Morgan fingerprint density at radius 1 is 1.52 bits per heavy atom. The maximum absolute atomic E-state index is 12.5. The summed E-state index contributed by atoms with van der Waals surface area (Å²) in [4.78, 5) is 13.0. The van der Waals surface area contributed by atoms with E-state index in [2.05, 4.69) is 5.32 Å². The Morgan fingerprint density at radius 2 is 2.24 bits per heavy atom. The summed E-state index contributed by atoms with van der Waals surface area (Å²) in [7, 11) is 0. The van der Waals surface area contributed by atoms with Crippen LogP contribution in [0.5, 0.6) is 0 Å². The van der Waals surface area contributed by atoms with Gasteiger partial charge < -0.3 is 16.2 Å². The van der Waals surface area contributed by atoms with E-state index in [-0.39, 0.29) is 12.5 Å². The number of halogens is 1. The first-order chi connectivity index (χ1) is 9.90. The van der Waals surface area contributed by atoms with Crippen molar-refractivity contribution >= 4 is 44.6 Å². The zero-order valence-corrected chi connectivity index (χ0v) is 13.6. The maximum Gasteiger partial charge on any atom is 0.263 e. The first-order valence-corrected chi connectivity index (χ1v) is 8.00. The molecule has 1 aromatic heterocycles. The average molecular weight is 327 g/mol. The summed E-state index contributed by atoms with van der Waals surface area (Å²) in [6.45, 7) is 3.92. The number of nitrogens with two attached hydrogens (primary N) is 1. The number of hydrogen-bond donors (Lipinski definition) is 3. The van der Waals surface area contributed by atoms with Gasteiger partial charge in [-0.05, 0) is 38.0 Å². The predicted octanol–water partition coefficient (Wildman–Crippen LogP) is 3.42. The molecule has 1 atom stereocenters. The molecule has 0 aliphatic heterocycles. The number of anilines is 1. The van der Waals surface area contributed by atoms with Gasteiger partial charge in [-0.25, -0.2) is 0 Å². The van der Waals surface area contributed by atoms with Crippen LogP contribution in [0.2, 0.25) is 5.02 Å². The Kier molecular flexibility index (Phi) is 4.76. The summed E-state index contributed by atoms with van der Waals surface area (Å²) >= 11 is 7.32. The van der Waals surface area contributed by atoms with Crippen LogP contribution < -0.4 is 11.1 Å². The lowest BCUT2D eigenvalue weighted by Gasteiger charge is -2.28. The molecule has 0 radical (unpaired) electrons. The van der Waals surface area contributed by atoms with Gasteiger partial charge in [0.15, 0.2) is 0 Å². The molecule has 0 saturated heterocycles. The van der Waals surface area contributed by atoms with Gasteiger partial charge >= 0.3 is 0 Å². The molecule has 0 aliphatic rings. The molecule has 0 fully saturated rings. The Bertz CT molecular complexity index is 671. The van der Waals surface area contributed by atoms with Crippen molar-refractivity contribution in [2.75, 3.05) is 12.3 Å². The van der Waals surface area contributed by atoms with E-state index in [0.29, 0.717) is 22.0 Å². The van der Waals surface area contributed by atoms with Crippen LogP contribution in [0.4, 0.5) is 5.69 Å². The van der Waals surface area contributed by atoms with E-state index >= 15 is 0 Å². The summed E-state index contributed by atoms with van der Waals surface area (Å²) in [6.07, 6.45) is 1.24. The third kappa shape index (κ3) is 3.31. The average Bonchev–Trinajstić information content (AvgIpc) is 2.76. The van der Waals surface area contributed by atoms with Crippen molar-refractivity contribution in [2.24, 2.45) is 0 Å². The van der Waals surface area contributed by atoms with Crippen LogP contribution in [0, 0.1) is 0 Å². The number of aliphatic hydroxyl groups excluding tert-OH is 1. The number of nitrogen functional groups attached to an aromatic ring is 1. The van der Waals surface area contributed by atoms with Crippen LogP contribution in [-0.2, 0) is 0 Å². The smallest absolute Gasteiger partial charge is 0.263 e. The highest BCUT2D eigenvalue weighted by molar-refractivity contribution is 7.21. The quantitative estimate of drug-likeness (QED) is 0.788. The minimum atomic E-state index is -0.438. The standard InChI is InChI=1S/C15H19ClN2O2S/c1-3-15(2,6-7-19)18-14(20)13-12(17)10-8-9(16)4-5-11(10)21-13/h4-5,8,19H,3,6-7,17H2,1-2H3,(H,18,20). The second kappa shape index (κ2) is 6.22. The molecule has 6 heteroatoms. The number of fused-ring (bicyclic) bond motifs is 1. The number of carbonyl (C=O) groups excluding carboxylic acids is 1. The van der Waals surface area contributed by atoms with Crippen molar-refractivity contribution in [2.45, 2.75) is 32.2 Å². The highest BCUT2D eigenvalue weighted by Gasteiger charge is 2.26. The number of hydrogen-bond acceptors (Lipinski definition) is 4. The summed E-state index contributed by atoms with van der Waals surface area (Å²) in [5.41, 5.74) is 6.10. The van der Waals surface area contributed by atoms with Crippen molar-refractivity contribution in [3.05, 3.63) is 28.1 Å². The molecule has 2 aromatic rings. The zero-order chi connectivity index (χ0) is 15.6. The number of benzene rings is 1. The zero-order valence-electron chi connectivity index (χ0n) is 12.1. The number of aliphatic hydroxyl groups is 1. The molecule has 0 bridgehead atoms. The second-order valence-corrected chi connectivity index (χ2v) is 6.82. The highest BCUT2D eigenvalue weighted by atomic mass is 35.5. The van der Waals surface area contributed by atoms with Crippen LogP contribution in [0.3, 0.4) is 0 Å². The van der Waals surface area contributed by atoms with Gasteiger partial charge in [0.25, 0.3) is 5.91 Å². The molecular weight excluding hydrogens is 308 g/mol. The molecule has 2 rings (SSSR count). The van der Waals surface area contributed by atoms with Crippen molar-refractivity contribution in [1.29, 1.82) is 0 Å². The molecule has 0 spiro atoms. The third-order valence-corrected chi connectivity index (χ3v) is 5.17. The first-order valence-electron chi connectivity index (χ1n) is 6.81. The predicted molar refractivity (Wildman–Crippen MR) is 89.1 cm³/mol. The molecule has 1 aromatic carbocycles. The number of nitrogens with one attached hydrogen (secondary N) is 1. The maximum atomic E-state index is 12.5. The molecule has 21 heavy (non-hydrogen) atoms. The fraction of sp³-hybridized carbons (Fsp3) is 0.400. The summed E-state index contributed by atoms with van der Waals surface area (Å²) < 4.78 is 0.933. The molecule has 4 nitrogen and oxygen atoms in total. The van der Waals surface area contributed by atoms with E-state index in [9.17, 15) is 4.79 Å². The van der Waals surface area contributed by atoms with Crippen LogP contribution in [0.25, 0.3) is 10.1 Å². The molecular formula is C15H19ClN2O2S. The minimum absolute atomic E-state index is 0.0299. The monoisotopic (exact) mass is 326 g/mol. The van der Waals surface area contributed by atoms with E-state index in [0.717, 1.165) is 16.5 Å². The van der Waals surface area contributed by atoms with Gasteiger partial charge in [0.2, 0.25) is 0 Å². The van der Waals surface area contributed by atoms with E-state index in [1.165, 1.54) is 11.3 Å². The van der Waals surface area contributed by atoms with Gasteiger partial charge in [-0.2, -0.15) is 0 Å². The number of rotatable bonds is 5. The van der Waals surface area contributed by atoms with E-state index in [4.69, 9.17) is 22.4 Å². The van der Waals surface area contributed by atoms with Crippen molar-refractivity contribution < 1.29 is 9.90 Å². The van der Waals surface area contributed by atoms with Crippen molar-refractivity contribution in [3.8, 4) is 0 Å². The lowest BCUT2D eigenvalue weighted by Crippen LogP contribution is -2.46. The van der Waals surface area contributed by atoms with E-state index in [1.807, 2.05) is 19.9 Å². The molecule has 4 N–H and O–H groups in total. The highest BCUT2D eigenvalue weighted by Crippen LogP contribution is 2.35. The Morgan fingerprint density at radius 3 is 2.86 bits per heavy atom. The number of thiophene rings is 1. The van der Waals surface area contributed by atoms with Crippen LogP contribution in [0.15, 0.2) is 18.2 Å². The fourth-order valence-electron chi connectivity index (χ4n) is 2.16.